The lowest BCUT2D eigenvalue weighted by atomic mass is 10.2. The van der Waals surface area contributed by atoms with Crippen molar-refractivity contribution >= 4 is 17.8 Å². The van der Waals surface area contributed by atoms with E-state index in [9.17, 15) is 4.39 Å². The van der Waals surface area contributed by atoms with Crippen LogP contribution in [-0.2, 0) is 5.75 Å². The van der Waals surface area contributed by atoms with Crippen molar-refractivity contribution in [3.8, 4) is 0 Å². The summed E-state index contributed by atoms with van der Waals surface area (Å²) in [5.74, 6) is 0.682. The van der Waals surface area contributed by atoms with Crippen LogP contribution in [0.2, 0.25) is 0 Å². The van der Waals surface area contributed by atoms with Crippen LogP contribution < -0.4 is 0 Å². The van der Waals surface area contributed by atoms with Gasteiger partial charge in [-0.25, -0.2) is 4.39 Å². The normalized spacial score (nSPS) is 11.0. The maximum atomic E-state index is 12.7. The Labute approximate surface area is 112 Å². The van der Waals surface area contributed by atoms with Crippen molar-refractivity contribution in [2.75, 3.05) is 0 Å². The molecule has 18 heavy (non-hydrogen) atoms. The van der Waals surface area contributed by atoms with Crippen molar-refractivity contribution < 1.29 is 4.39 Å². The Balaban J connectivity index is 1.84. The molecule has 0 radical (unpaired) electrons. The highest BCUT2D eigenvalue weighted by Crippen LogP contribution is 2.15. The largest absolute Gasteiger partial charge is 0.207 e. The van der Waals surface area contributed by atoms with E-state index in [0.29, 0.717) is 0 Å². The molecule has 0 heterocycles. The van der Waals surface area contributed by atoms with Crippen LogP contribution in [0.25, 0.3) is 6.08 Å². The van der Waals surface area contributed by atoms with E-state index in [0.717, 1.165) is 11.3 Å². The van der Waals surface area contributed by atoms with Gasteiger partial charge in [0.1, 0.15) is 5.82 Å². The molecule has 0 amide bonds. The fourth-order valence-corrected chi connectivity index (χ4v) is 2.26. The highest BCUT2D eigenvalue weighted by atomic mass is 32.2. The number of thioether (sulfide) groups is 1. The van der Waals surface area contributed by atoms with Crippen LogP contribution in [0.1, 0.15) is 16.7 Å². The van der Waals surface area contributed by atoms with Gasteiger partial charge in [0.25, 0.3) is 0 Å². The van der Waals surface area contributed by atoms with Crippen molar-refractivity contribution in [3.05, 3.63) is 76.4 Å². The molecule has 0 aromatic heterocycles. The molecule has 0 aliphatic heterocycles. The summed E-state index contributed by atoms with van der Waals surface area (Å²) < 4.78 is 12.7. The van der Waals surface area contributed by atoms with Crippen LogP contribution in [0.4, 0.5) is 4.39 Å². The first-order valence-corrected chi connectivity index (χ1v) is 6.88. The van der Waals surface area contributed by atoms with Gasteiger partial charge in [-0.1, -0.05) is 42.0 Å². The molecule has 0 bridgehead atoms. The molecule has 0 spiro atoms. The van der Waals surface area contributed by atoms with E-state index in [1.54, 1.807) is 11.8 Å². The molecule has 0 nitrogen and oxygen atoms in total. The Morgan fingerprint density at radius 3 is 2.33 bits per heavy atom. The lowest BCUT2D eigenvalue weighted by molar-refractivity contribution is 0.627. The molecular formula is C16H15FS. The molecule has 2 aromatic rings. The summed E-state index contributed by atoms with van der Waals surface area (Å²) in [5.41, 5.74) is 3.60. The second-order valence-corrected chi connectivity index (χ2v) is 5.05. The third-order valence-corrected chi connectivity index (χ3v) is 3.43. The lowest BCUT2D eigenvalue weighted by Gasteiger charge is -1.98. The highest BCUT2D eigenvalue weighted by Gasteiger charge is 1.92. The smallest absolute Gasteiger partial charge is 0.123 e. The average molecular weight is 258 g/mol. The van der Waals surface area contributed by atoms with Crippen LogP contribution >= 0.6 is 11.8 Å². The lowest BCUT2D eigenvalue weighted by Crippen LogP contribution is -1.79. The molecule has 0 saturated heterocycles. The summed E-state index contributed by atoms with van der Waals surface area (Å²) in [5, 5.41) is 2.08. The first kappa shape index (κ1) is 12.9. The summed E-state index contributed by atoms with van der Waals surface area (Å²) in [4.78, 5) is 0. The first-order valence-electron chi connectivity index (χ1n) is 5.83. The average Bonchev–Trinajstić information content (AvgIpc) is 2.39. The maximum Gasteiger partial charge on any atom is 0.123 e. The Bertz CT molecular complexity index is 512. The van der Waals surface area contributed by atoms with Gasteiger partial charge in [0.05, 0.1) is 0 Å². The van der Waals surface area contributed by atoms with E-state index < -0.39 is 0 Å². The number of aryl methyl sites for hydroxylation is 1. The summed E-state index contributed by atoms with van der Waals surface area (Å²) in [6, 6.07) is 15.0. The molecule has 2 aromatic carbocycles. The minimum absolute atomic E-state index is 0.182. The molecule has 92 valence electrons. The summed E-state index contributed by atoms with van der Waals surface area (Å²) in [6.45, 7) is 2.08. The maximum absolute atomic E-state index is 12.7. The number of hydrogen-bond acceptors (Lipinski definition) is 1. The van der Waals surface area contributed by atoms with Crippen LogP contribution in [0.3, 0.4) is 0 Å². The third-order valence-electron chi connectivity index (χ3n) is 2.60. The van der Waals surface area contributed by atoms with E-state index in [4.69, 9.17) is 0 Å². The van der Waals surface area contributed by atoms with Crippen LogP contribution in [-0.4, -0.2) is 0 Å². The van der Waals surface area contributed by atoms with E-state index in [2.05, 4.69) is 42.7 Å². The van der Waals surface area contributed by atoms with E-state index in [-0.39, 0.29) is 5.82 Å². The fourth-order valence-electron chi connectivity index (χ4n) is 1.53. The molecule has 2 heteroatoms. The molecular weight excluding hydrogens is 243 g/mol. The van der Waals surface area contributed by atoms with Gasteiger partial charge in [-0.2, -0.15) is 0 Å². The summed E-state index contributed by atoms with van der Waals surface area (Å²) in [7, 11) is 0. The third kappa shape index (κ3) is 4.04. The summed E-state index contributed by atoms with van der Waals surface area (Å²) in [6.07, 6.45) is 2.09. The Kier molecular flexibility index (Phi) is 4.59. The van der Waals surface area contributed by atoms with Crippen LogP contribution in [0.5, 0.6) is 0 Å². The first-order chi connectivity index (χ1) is 8.74. The zero-order valence-electron chi connectivity index (χ0n) is 10.3. The van der Waals surface area contributed by atoms with Gasteiger partial charge in [0.2, 0.25) is 0 Å². The molecule has 0 aliphatic carbocycles. The highest BCUT2D eigenvalue weighted by molar-refractivity contribution is 8.01. The monoisotopic (exact) mass is 258 g/mol. The molecule has 0 saturated carbocycles. The topological polar surface area (TPSA) is 0 Å². The fraction of sp³-hybridized carbons (Fsp3) is 0.125. The molecule has 2 rings (SSSR count). The van der Waals surface area contributed by atoms with E-state index >= 15 is 0 Å². The summed E-state index contributed by atoms with van der Waals surface area (Å²) >= 11 is 1.71. The number of benzene rings is 2. The molecule has 0 N–H and O–H groups in total. The van der Waals surface area contributed by atoms with Crippen molar-refractivity contribution in [3.63, 3.8) is 0 Å². The van der Waals surface area contributed by atoms with Gasteiger partial charge in [-0.05, 0) is 41.7 Å². The molecule has 0 atom stereocenters. The molecule has 0 unspecified atom stereocenters. The van der Waals surface area contributed by atoms with Gasteiger partial charge >= 0.3 is 0 Å². The second kappa shape index (κ2) is 6.41. The van der Waals surface area contributed by atoms with Crippen molar-refractivity contribution in [2.45, 2.75) is 12.7 Å². The van der Waals surface area contributed by atoms with Crippen LogP contribution in [0, 0.1) is 12.7 Å². The van der Waals surface area contributed by atoms with E-state index in [1.807, 2.05) is 12.1 Å². The second-order valence-electron chi connectivity index (χ2n) is 4.15. The van der Waals surface area contributed by atoms with Gasteiger partial charge in [-0.3, -0.25) is 0 Å². The number of rotatable bonds is 4. The number of hydrogen-bond donors (Lipinski definition) is 0. The van der Waals surface area contributed by atoms with E-state index in [1.165, 1.54) is 23.3 Å². The van der Waals surface area contributed by atoms with Gasteiger partial charge in [-0.15, -0.1) is 11.8 Å². The number of halogens is 1. The van der Waals surface area contributed by atoms with Gasteiger partial charge in [0.15, 0.2) is 0 Å². The van der Waals surface area contributed by atoms with Crippen molar-refractivity contribution in [1.82, 2.24) is 0 Å². The Morgan fingerprint density at radius 1 is 1.00 bits per heavy atom. The zero-order valence-corrected chi connectivity index (χ0v) is 11.1. The minimum atomic E-state index is -0.182. The Morgan fingerprint density at radius 2 is 1.67 bits per heavy atom. The Hall–Kier alpha value is -1.54. The molecule has 0 aliphatic rings. The zero-order chi connectivity index (χ0) is 12.8. The molecule has 0 fully saturated rings. The van der Waals surface area contributed by atoms with Gasteiger partial charge < -0.3 is 0 Å². The van der Waals surface area contributed by atoms with Crippen molar-refractivity contribution in [2.24, 2.45) is 0 Å². The predicted molar refractivity (Wildman–Crippen MR) is 77.9 cm³/mol. The van der Waals surface area contributed by atoms with Crippen molar-refractivity contribution in [1.29, 1.82) is 0 Å². The predicted octanol–water partition coefficient (Wildman–Crippen LogP) is 5.04. The minimum Gasteiger partial charge on any atom is -0.207 e. The standard InChI is InChI=1S/C16H15FS/c1-13-2-4-14(5-3-13)10-11-18-12-15-6-8-16(17)9-7-15/h2-11H,12H2,1H3. The van der Waals surface area contributed by atoms with Crippen LogP contribution in [0.15, 0.2) is 53.9 Å². The van der Waals surface area contributed by atoms with Gasteiger partial charge in [0, 0.05) is 5.75 Å². The quantitative estimate of drug-likeness (QED) is 0.740. The SMILES string of the molecule is Cc1ccc(C=CSCc2ccc(F)cc2)cc1.